The van der Waals surface area contributed by atoms with Crippen LogP contribution in [0.5, 0.6) is 5.75 Å². The number of methoxy groups -OCH3 is 1. The third kappa shape index (κ3) is 4.10. The molecule has 126 valence electrons. The summed E-state index contributed by atoms with van der Waals surface area (Å²) in [7, 11) is 1.69. The Hall–Kier alpha value is -2.43. The summed E-state index contributed by atoms with van der Waals surface area (Å²) in [5, 5.41) is 0. The zero-order chi connectivity index (χ0) is 16.8. The molecule has 0 atom stereocenters. The molecular formula is C19H23N3O2. The van der Waals surface area contributed by atoms with E-state index in [2.05, 4.69) is 22.1 Å². The van der Waals surface area contributed by atoms with Gasteiger partial charge >= 0.3 is 0 Å². The molecule has 1 amide bonds. The highest BCUT2D eigenvalue weighted by molar-refractivity contribution is 5.91. The standard InChI is InChI=1S/C19H23N3O2/c1-24-17-6-4-15(5-7-17)2-3-16-8-12-22(13-9-16)19(23)18-14-20-10-11-21-18/h4-7,10-11,14,16H,2-3,8-9,12-13H2,1H3. The summed E-state index contributed by atoms with van der Waals surface area (Å²) in [6, 6.07) is 8.28. The number of nitrogens with zero attached hydrogens (tertiary/aromatic N) is 3. The normalized spacial score (nSPS) is 15.3. The summed E-state index contributed by atoms with van der Waals surface area (Å²) in [6.07, 6.45) is 9.05. The maximum atomic E-state index is 12.4. The maximum Gasteiger partial charge on any atom is 0.274 e. The van der Waals surface area contributed by atoms with E-state index in [0.717, 1.165) is 38.1 Å². The Morgan fingerprint density at radius 2 is 1.96 bits per heavy atom. The first-order chi connectivity index (χ1) is 11.8. The number of carbonyl (C=O) groups excluding carboxylic acids is 1. The summed E-state index contributed by atoms with van der Waals surface area (Å²) in [4.78, 5) is 22.3. The highest BCUT2D eigenvalue weighted by atomic mass is 16.5. The number of piperidine rings is 1. The van der Waals surface area contributed by atoms with Gasteiger partial charge in [-0.25, -0.2) is 4.98 Å². The number of aryl methyl sites for hydroxylation is 1. The lowest BCUT2D eigenvalue weighted by Crippen LogP contribution is -2.39. The van der Waals surface area contributed by atoms with Gasteiger partial charge in [0.2, 0.25) is 0 Å². The zero-order valence-electron chi connectivity index (χ0n) is 14.0. The van der Waals surface area contributed by atoms with Crippen molar-refractivity contribution in [3.63, 3.8) is 0 Å². The minimum Gasteiger partial charge on any atom is -0.497 e. The van der Waals surface area contributed by atoms with Crippen molar-refractivity contribution in [3.8, 4) is 5.75 Å². The summed E-state index contributed by atoms with van der Waals surface area (Å²) in [6.45, 7) is 1.62. The average Bonchev–Trinajstić information content (AvgIpc) is 2.67. The number of aromatic nitrogens is 2. The molecule has 1 aromatic carbocycles. The van der Waals surface area contributed by atoms with Crippen LogP contribution in [0, 0.1) is 5.92 Å². The van der Waals surface area contributed by atoms with E-state index in [1.165, 1.54) is 18.2 Å². The number of benzene rings is 1. The molecule has 0 N–H and O–H groups in total. The molecule has 1 aromatic heterocycles. The number of ether oxygens (including phenoxy) is 1. The van der Waals surface area contributed by atoms with Gasteiger partial charge in [0, 0.05) is 25.5 Å². The fraction of sp³-hybridized carbons (Fsp3) is 0.421. The third-order valence-electron chi connectivity index (χ3n) is 4.68. The Kier molecular flexibility index (Phi) is 5.41. The van der Waals surface area contributed by atoms with Crippen LogP contribution in [0.4, 0.5) is 0 Å². The van der Waals surface area contributed by atoms with Crippen molar-refractivity contribution in [2.45, 2.75) is 25.7 Å². The van der Waals surface area contributed by atoms with Gasteiger partial charge in [-0.3, -0.25) is 9.78 Å². The Balaban J connectivity index is 1.45. The van der Waals surface area contributed by atoms with Crippen LogP contribution in [-0.2, 0) is 6.42 Å². The Morgan fingerprint density at radius 1 is 1.21 bits per heavy atom. The lowest BCUT2D eigenvalue weighted by Gasteiger charge is -2.31. The number of amides is 1. The molecule has 0 bridgehead atoms. The van der Waals surface area contributed by atoms with Crippen molar-refractivity contribution in [1.82, 2.24) is 14.9 Å². The number of rotatable bonds is 5. The summed E-state index contributed by atoms with van der Waals surface area (Å²) >= 11 is 0. The molecule has 5 heteroatoms. The molecule has 1 fully saturated rings. The van der Waals surface area contributed by atoms with Gasteiger partial charge in [-0.1, -0.05) is 12.1 Å². The molecule has 0 aliphatic carbocycles. The molecule has 0 unspecified atom stereocenters. The molecule has 3 rings (SSSR count). The zero-order valence-corrected chi connectivity index (χ0v) is 14.0. The van der Waals surface area contributed by atoms with Crippen LogP contribution >= 0.6 is 0 Å². The first-order valence-corrected chi connectivity index (χ1v) is 8.44. The van der Waals surface area contributed by atoms with Crippen LogP contribution in [0.2, 0.25) is 0 Å². The van der Waals surface area contributed by atoms with Gasteiger partial charge in [0.1, 0.15) is 11.4 Å². The fourth-order valence-electron chi connectivity index (χ4n) is 3.16. The molecule has 5 nitrogen and oxygen atoms in total. The average molecular weight is 325 g/mol. The third-order valence-corrected chi connectivity index (χ3v) is 4.68. The van der Waals surface area contributed by atoms with Gasteiger partial charge in [-0.2, -0.15) is 0 Å². The minimum atomic E-state index is -0.00305. The van der Waals surface area contributed by atoms with Gasteiger partial charge in [0.05, 0.1) is 13.3 Å². The Morgan fingerprint density at radius 3 is 2.58 bits per heavy atom. The number of carbonyl (C=O) groups is 1. The minimum absolute atomic E-state index is 0.00305. The number of hydrogen-bond acceptors (Lipinski definition) is 4. The van der Waals surface area contributed by atoms with Crippen molar-refractivity contribution >= 4 is 5.91 Å². The molecule has 2 aromatic rings. The van der Waals surface area contributed by atoms with E-state index in [9.17, 15) is 4.79 Å². The quantitative estimate of drug-likeness (QED) is 0.848. The van der Waals surface area contributed by atoms with Gasteiger partial charge in [0.25, 0.3) is 5.91 Å². The van der Waals surface area contributed by atoms with Gasteiger partial charge in [-0.15, -0.1) is 0 Å². The van der Waals surface area contributed by atoms with Gasteiger partial charge in [-0.05, 0) is 49.3 Å². The van der Waals surface area contributed by atoms with Crippen LogP contribution in [0.3, 0.4) is 0 Å². The van der Waals surface area contributed by atoms with E-state index >= 15 is 0 Å². The smallest absolute Gasteiger partial charge is 0.274 e. The molecule has 24 heavy (non-hydrogen) atoms. The number of hydrogen-bond donors (Lipinski definition) is 0. The van der Waals surface area contributed by atoms with Crippen LogP contribution in [0.1, 0.15) is 35.3 Å². The topological polar surface area (TPSA) is 55.3 Å². The molecule has 0 radical (unpaired) electrons. The van der Waals surface area contributed by atoms with Crippen LogP contribution in [0.25, 0.3) is 0 Å². The monoisotopic (exact) mass is 325 g/mol. The van der Waals surface area contributed by atoms with E-state index in [1.807, 2.05) is 17.0 Å². The van der Waals surface area contributed by atoms with Crippen LogP contribution < -0.4 is 4.74 Å². The Bertz CT molecular complexity index is 650. The Labute approximate surface area is 142 Å². The molecule has 0 spiro atoms. The second-order valence-electron chi connectivity index (χ2n) is 6.21. The second kappa shape index (κ2) is 7.90. The molecule has 1 aliphatic rings. The summed E-state index contributed by atoms with van der Waals surface area (Å²) in [5.41, 5.74) is 1.78. The van der Waals surface area contributed by atoms with E-state index in [-0.39, 0.29) is 5.91 Å². The highest BCUT2D eigenvalue weighted by Crippen LogP contribution is 2.24. The lowest BCUT2D eigenvalue weighted by molar-refractivity contribution is 0.0680. The van der Waals surface area contributed by atoms with Crippen molar-refractivity contribution in [2.24, 2.45) is 5.92 Å². The summed E-state index contributed by atoms with van der Waals surface area (Å²) < 4.78 is 5.19. The van der Waals surface area contributed by atoms with E-state index in [4.69, 9.17) is 4.74 Å². The predicted molar refractivity (Wildman–Crippen MR) is 92.0 cm³/mol. The lowest BCUT2D eigenvalue weighted by atomic mass is 9.90. The predicted octanol–water partition coefficient (Wildman–Crippen LogP) is 2.97. The molecule has 1 aliphatic heterocycles. The van der Waals surface area contributed by atoms with E-state index in [0.29, 0.717) is 11.6 Å². The fourth-order valence-corrected chi connectivity index (χ4v) is 3.16. The highest BCUT2D eigenvalue weighted by Gasteiger charge is 2.24. The van der Waals surface area contributed by atoms with Gasteiger partial charge in [0.15, 0.2) is 0 Å². The van der Waals surface area contributed by atoms with Crippen molar-refractivity contribution < 1.29 is 9.53 Å². The number of likely N-dealkylation sites (tertiary alicyclic amines) is 1. The van der Waals surface area contributed by atoms with Gasteiger partial charge < -0.3 is 9.64 Å². The van der Waals surface area contributed by atoms with Crippen molar-refractivity contribution in [3.05, 3.63) is 54.1 Å². The summed E-state index contributed by atoms with van der Waals surface area (Å²) in [5.74, 6) is 1.57. The molecular weight excluding hydrogens is 302 g/mol. The van der Waals surface area contributed by atoms with Crippen LogP contribution in [0.15, 0.2) is 42.9 Å². The van der Waals surface area contributed by atoms with E-state index in [1.54, 1.807) is 19.5 Å². The SMILES string of the molecule is COc1ccc(CCC2CCN(C(=O)c3cnccn3)CC2)cc1. The molecule has 1 saturated heterocycles. The maximum absolute atomic E-state index is 12.4. The largest absolute Gasteiger partial charge is 0.497 e. The molecule has 2 heterocycles. The van der Waals surface area contributed by atoms with Crippen molar-refractivity contribution in [2.75, 3.05) is 20.2 Å². The van der Waals surface area contributed by atoms with E-state index < -0.39 is 0 Å². The van der Waals surface area contributed by atoms with Crippen molar-refractivity contribution in [1.29, 1.82) is 0 Å². The van der Waals surface area contributed by atoms with Crippen LogP contribution in [-0.4, -0.2) is 41.0 Å². The first-order valence-electron chi connectivity index (χ1n) is 8.44. The first kappa shape index (κ1) is 16.4. The second-order valence-corrected chi connectivity index (χ2v) is 6.21. The molecule has 0 saturated carbocycles.